The van der Waals surface area contributed by atoms with E-state index in [4.69, 9.17) is 19.7 Å². The molecular formula is C34H24N4OSe. The Morgan fingerprint density at radius 3 is 2.15 bits per heavy atom. The standard InChI is InChI=1S/C34H24N4OSe/c1-23-21-22-27-26-15-8-16-28(33(26)40-34(27)35-23)29-17-9-18-30(36-29)38(24-11-4-2-5-12-24)31-19-10-20-32(37-31)39-25-13-6-3-7-14-25/h2-22H,1H3. The van der Waals surface area contributed by atoms with E-state index in [1.54, 1.807) is 0 Å². The second-order valence-electron chi connectivity index (χ2n) is 9.39. The fourth-order valence-electron chi connectivity index (χ4n) is 4.82. The first-order chi connectivity index (χ1) is 19.7. The van der Waals surface area contributed by atoms with Gasteiger partial charge in [0, 0.05) is 0 Å². The number of aryl methyl sites for hydroxylation is 1. The molecule has 0 bridgehead atoms. The molecule has 0 spiro atoms. The van der Waals surface area contributed by atoms with Crippen molar-refractivity contribution in [1.29, 1.82) is 0 Å². The first-order valence-corrected chi connectivity index (χ1v) is 14.8. The minimum atomic E-state index is 0.120. The van der Waals surface area contributed by atoms with Crippen LogP contribution in [0.4, 0.5) is 17.3 Å². The molecule has 7 aromatic rings. The fraction of sp³-hybridized carbons (Fsp3) is 0.0294. The Kier molecular flexibility index (Phi) is 6.32. The summed E-state index contributed by atoms with van der Waals surface area (Å²) in [6.07, 6.45) is 0. The number of pyridine rings is 3. The molecule has 6 heteroatoms. The molecule has 0 aliphatic carbocycles. The van der Waals surface area contributed by atoms with Crippen molar-refractivity contribution < 1.29 is 4.74 Å². The van der Waals surface area contributed by atoms with E-state index in [-0.39, 0.29) is 14.5 Å². The van der Waals surface area contributed by atoms with E-state index in [9.17, 15) is 0 Å². The molecule has 0 radical (unpaired) electrons. The average Bonchev–Trinajstić information content (AvgIpc) is 3.36. The summed E-state index contributed by atoms with van der Waals surface area (Å²) in [5.74, 6) is 2.76. The summed E-state index contributed by atoms with van der Waals surface area (Å²) in [4.78, 5) is 17.0. The predicted octanol–water partition coefficient (Wildman–Crippen LogP) is 8.47. The van der Waals surface area contributed by atoms with Crippen molar-refractivity contribution in [2.75, 3.05) is 4.90 Å². The van der Waals surface area contributed by atoms with Gasteiger partial charge in [0.1, 0.15) is 0 Å². The van der Waals surface area contributed by atoms with Crippen molar-refractivity contribution >= 4 is 51.2 Å². The van der Waals surface area contributed by atoms with Gasteiger partial charge in [-0.1, -0.05) is 18.2 Å². The molecule has 5 nitrogen and oxygen atoms in total. The molecule has 0 saturated heterocycles. The van der Waals surface area contributed by atoms with E-state index in [1.165, 1.54) is 19.4 Å². The topological polar surface area (TPSA) is 51.1 Å². The van der Waals surface area contributed by atoms with Crippen LogP contribution in [0, 0.1) is 6.92 Å². The first-order valence-electron chi connectivity index (χ1n) is 13.0. The van der Waals surface area contributed by atoms with Gasteiger partial charge in [-0.2, -0.15) is 0 Å². The van der Waals surface area contributed by atoms with Gasteiger partial charge in [0.2, 0.25) is 0 Å². The first kappa shape index (κ1) is 24.3. The van der Waals surface area contributed by atoms with Gasteiger partial charge in [0.05, 0.1) is 0 Å². The van der Waals surface area contributed by atoms with Crippen molar-refractivity contribution in [3.63, 3.8) is 0 Å². The summed E-state index contributed by atoms with van der Waals surface area (Å²) in [6, 6.07) is 42.6. The van der Waals surface area contributed by atoms with Crippen LogP contribution in [-0.4, -0.2) is 29.5 Å². The second kappa shape index (κ2) is 10.4. The van der Waals surface area contributed by atoms with Crippen molar-refractivity contribution in [3.8, 4) is 22.9 Å². The predicted molar refractivity (Wildman–Crippen MR) is 163 cm³/mol. The second-order valence-corrected chi connectivity index (χ2v) is 11.5. The van der Waals surface area contributed by atoms with E-state index < -0.39 is 0 Å². The normalized spacial score (nSPS) is 11.1. The molecule has 0 saturated carbocycles. The zero-order chi connectivity index (χ0) is 26.9. The number of anilines is 3. The maximum absolute atomic E-state index is 6.06. The summed E-state index contributed by atoms with van der Waals surface area (Å²) in [5, 5.41) is 2.50. The van der Waals surface area contributed by atoms with E-state index in [2.05, 4.69) is 66.4 Å². The number of nitrogens with zero attached hydrogens (tertiary/aromatic N) is 4. The van der Waals surface area contributed by atoms with Gasteiger partial charge in [-0.3, -0.25) is 0 Å². The number of hydrogen-bond acceptors (Lipinski definition) is 5. The van der Waals surface area contributed by atoms with Gasteiger partial charge in [-0.15, -0.1) is 0 Å². The number of benzene rings is 3. The van der Waals surface area contributed by atoms with Gasteiger partial charge in [0.15, 0.2) is 0 Å². The van der Waals surface area contributed by atoms with E-state index >= 15 is 0 Å². The molecule has 4 aromatic heterocycles. The van der Waals surface area contributed by atoms with Crippen LogP contribution in [-0.2, 0) is 0 Å². The van der Waals surface area contributed by atoms with Crippen LogP contribution in [0.2, 0.25) is 0 Å². The quantitative estimate of drug-likeness (QED) is 0.184. The van der Waals surface area contributed by atoms with E-state index in [0.29, 0.717) is 5.88 Å². The van der Waals surface area contributed by atoms with Crippen molar-refractivity contribution in [2.45, 2.75) is 6.92 Å². The van der Waals surface area contributed by atoms with Gasteiger partial charge in [-0.05, 0) is 0 Å². The van der Waals surface area contributed by atoms with Crippen LogP contribution >= 0.6 is 0 Å². The van der Waals surface area contributed by atoms with Crippen molar-refractivity contribution in [2.24, 2.45) is 0 Å². The third kappa shape index (κ3) is 4.64. The molecular weight excluding hydrogens is 559 g/mol. The van der Waals surface area contributed by atoms with Gasteiger partial charge in [0.25, 0.3) is 0 Å². The summed E-state index contributed by atoms with van der Waals surface area (Å²) in [6.45, 7) is 2.05. The summed E-state index contributed by atoms with van der Waals surface area (Å²) in [7, 11) is 0. The van der Waals surface area contributed by atoms with Crippen LogP contribution < -0.4 is 9.64 Å². The molecule has 192 valence electrons. The van der Waals surface area contributed by atoms with E-state index in [1.807, 2.05) is 72.8 Å². The van der Waals surface area contributed by atoms with Gasteiger partial charge in [-0.25, -0.2) is 0 Å². The zero-order valence-corrected chi connectivity index (χ0v) is 23.4. The van der Waals surface area contributed by atoms with Crippen molar-refractivity contribution in [3.05, 3.63) is 133 Å². The molecule has 0 fully saturated rings. The zero-order valence-electron chi connectivity index (χ0n) is 21.7. The Morgan fingerprint density at radius 2 is 1.32 bits per heavy atom. The Labute approximate surface area is 238 Å². The van der Waals surface area contributed by atoms with E-state index in [0.717, 1.165) is 40.0 Å². The van der Waals surface area contributed by atoms with Gasteiger partial charge >= 0.3 is 221 Å². The Bertz CT molecular complexity index is 1950. The number of fused-ring (bicyclic) bond motifs is 3. The van der Waals surface area contributed by atoms with Crippen LogP contribution in [0.1, 0.15) is 5.69 Å². The molecule has 7 rings (SSSR count). The molecule has 0 amide bonds. The third-order valence-electron chi connectivity index (χ3n) is 6.66. The fourth-order valence-corrected chi connectivity index (χ4v) is 7.43. The number of para-hydroxylation sites is 2. The Balaban J connectivity index is 1.34. The van der Waals surface area contributed by atoms with Crippen LogP contribution in [0.25, 0.3) is 30.7 Å². The molecule has 4 heterocycles. The molecule has 0 aliphatic heterocycles. The number of aromatic nitrogens is 3. The van der Waals surface area contributed by atoms with Crippen LogP contribution in [0.5, 0.6) is 11.6 Å². The number of hydrogen-bond donors (Lipinski definition) is 0. The summed E-state index contributed by atoms with van der Waals surface area (Å²) in [5.41, 5.74) is 4.10. The minimum absolute atomic E-state index is 0.120. The number of ether oxygens (including phenoxy) is 1. The SMILES string of the molecule is Cc1ccc2c(n1)[se]c1c(-c3cccc(N(c4ccccc4)c4cccc(Oc5ccccc5)n4)n3)cccc12. The Hall–Kier alpha value is -4.77. The van der Waals surface area contributed by atoms with Crippen LogP contribution in [0.15, 0.2) is 127 Å². The van der Waals surface area contributed by atoms with Crippen LogP contribution in [0.3, 0.4) is 0 Å². The molecule has 40 heavy (non-hydrogen) atoms. The molecule has 0 N–H and O–H groups in total. The molecule has 0 aliphatic rings. The number of rotatable bonds is 6. The average molecular weight is 584 g/mol. The third-order valence-corrected chi connectivity index (χ3v) is 9.07. The summed E-state index contributed by atoms with van der Waals surface area (Å²) >= 11 is 0.120. The summed E-state index contributed by atoms with van der Waals surface area (Å²) < 4.78 is 8.58. The monoisotopic (exact) mass is 584 g/mol. The van der Waals surface area contributed by atoms with Crippen molar-refractivity contribution in [1.82, 2.24) is 15.0 Å². The maximum atomic E-state index is 6.06. The molecule has 3 aromatic carbocycles. The molecule has 0 atom stereocenters. The van der Waals surface area contributed by atoms with Gasteiger partial charge < -0.3 is 0 Å². The molecule has 0 unspecified atom stereocenters. The Morgan fingerprint density at radius 1 is 0.600 bits per heavy atom.